The molecule has 1 aromatic heterocycles. The van der Waals surface area contributed by atoms with E-state index in [9.17, 15) is 0 Å². The Morgan fingerprint density at radius 1 is 1.73 bits per heavy atom. The summed E-state index contributed by atoms with van der Waals surface area (Å²) in [5.74, 6) is 0. The maximum absolute atomic E-state index is 8.78. The molecular weight excluding hydrogens is 206 g/mol. The number of nitriles is 1. The van der Waals surface area contributed by atoms with Crippen molar-refractivity contribution < 1.29 is 0 Å². The van der Waals surface area contributed by atoms with Gasteiger partial charge >= 0.3 is 0 Å². The molecule has 0 saturated carbocycles. The molecule has 3 nitrogen and oxygen atoms in total. The Labute approximate surface area is 73.5 Å². The van der Waals surface area contributed by atoms with Gasteiger partial charge in [-0.15, -0.1) is 0 Å². The van der Waals surface area contributed by atoms with Crippen LogP contribution in [0, 0.1) is 11.3 Å². The Balaban J connectivity index is 3.13. The SMILES string of the molecule is CC(C)(C#N)c1cn[nH]c1Br. The fraction of sp³-hybridized carbons (Fsp3) is 0.429. The van der Waals surface area contributed by atoms with Gasteiger partial charge in [0.15, 0.2) is 0 Å². The summed E-state index contributed by atoms with van der Waals surface area (Å²) in [6.45, 7) is 3.70. The van der Waals surface area contributed by atoms with Gasteiger partial charge < -0.3 is 0 Å². The van der Waals surface area contributed by atoms with E-state index < -0.39 is 5.41 Å². The van der Waals surface area contributed by atoms with Gasteiger partial charge in [-0.1, -0.05) is 0 Å². The summed E-state index contributed by atoms with van der Waals surface area (Å²) in [5.41, 5.74) is 0.409. The fourth-order valence-corrected chi connectivity index (χ4v) is 1.47. The van der Waals surface area contributed by atoms with Gasteiger partial charge in [0.2, 0.25) is 0 Å². The first kappa shape index (κ1) is 8.28. The topological polar surface area (TPSA) is 52.5 Å². The second-order valence-corrected chi connectivity index (χ2v) is 3.63. The number of aromatic amines is 1. The van der Waals surface area contributed by atoms with E-state index in [-0.39, 0.29) is 0 Å². The predicted octanol–water partition coefficient (Wildman–Crippen LogP) is 1.97. The third-order valence-electron chi connectivity index (χ3n) is 1.55. The molecular formula is C7H8BrN3. The molecule has 1 heterocycles. The smallest absolute Gasteiger partial charge is 0.105 e. The molecule has 0 aromatic carbocycles. The quantitative estimate of drug-likeness (QED) is 0.776. The number of nitrogens with zero attached hydrogens (tertiary/aromatic N) is 2. The van der Waals surface area contributed by atoms with Gasteiger partial charge in [0.1, 0.15) is 4.60 Å². The number of hydrogen-bond acceptors (Lipinski definition) is 2. The maximum atomic E-state index is 8.78. The van der Waals surface area contributed by atoms with Crippen LogP contribution in [0.15, 0.2) is 10.8 Å². The molecule has 1 rings (SSSR count). The first-order valence-electron chi connectivity index (χ1n) is 3.18. The number of H-pyrrole nitrogens is 1. The molecule has 11 heavy (non-hydrogen) atoms. The average Bonchev–Trinajstić information content (AvgIpc) is 2.36. The van der Waals surface area contributed by atoms with Crippen LogP contribution >= 0.6 is 15.9 Å². The van der Waals surface area contributed by atoms with Crippen molar-refractivity contribution in [3.63, 3.8) is 0 Å². The largest absolute Gasteiger partial charge is 0.271 e. The minimum atomic E-state index is -0.480. The Hall–Kier alpha value is -0.820. The molecule has 1 aromatic rings. The van der Waals surface area contributed by atoms with Crippen LogP contribution in [0.25, 0.3) is 0 Å². The minimum absolute atomic E-state index is 0.480. The summed E-state index contributed by atoms with van der Waals surface area (Å²) in [6.07, 6.45) is 1.66. The highest BCUT2D eigenvalue weighted by atomic mass is 79.9. The third-order valence-corrected chi connectivity index (χ3v) is 2.15. The Kier molecular flexibility index (Phi) is 2.01. The molecule has 0 atom stereocenters. The molecule has 0 bridgehead atoms. The highest BCUT2D eigenvalue weighted by Crippen LogP contribution is 2.27. The van der Waals surface area contributed by atoms with Crippen molar-refractivity contribution in [3.05, 3.63) is 16.4 Å². The molecule has 1 N–H and O–H groups in total. The fourth-order valence-electron chi connectivity index (χ4n) is 0.766. The molecule has 0 aliphatic rings. The third kappa shape index (κ3) is 1.43. The van der Waals surface area contributed by atoms with Crippen LogP contribution in [-0.4, -0.2) is 10.2 Å². The molecule has 0 aliphatic carbocycles. The lowest BCUT2D eigenvalue weighted by Gasteiger charge is -2.12. The van der Waals surface area contributed by atoms with Crippen LogP contribution in [0.2, 0.25) is 0 Å². The molecule has 4 heteroatoms. The zero-order chi connectivity index (χ0) is 8.48. The monoisotopic (exact) mass is 213 g/mol. The second kappa shape index (κ2) is 2.67. The predicted molar refractivity (Wildman–Crippen MR) is 44.9 cm³/mol. The number of halogens is 1. The number of rotatable bonds is 1. The minimum Gasteiger partial charge on any atom is -0.271 e. The molecule has 0 saturated heterocycles. The first-order valence-corrected chi connectivity index (χ1v) is 3.98. The average molecular weight is 214 g/mol. The molecule has 0 spiro atoms. The normalized spacial score (nSPS) is 11.1. The van der Waals surface area contributed by atoms with Gasteiger partial charge in [-0.3, -0.25) is 5.10 Å². The molecule has 0 radical (unpaired) electrons. The van der Waals surface area contributed by atoms with Crippen LogP contribution in [-0.2, 0) is 5.41 Å². The summed E-state index contributed by atoms with van der Waals surface area (Å²) in [4.78, 5) is 0. The van der Waals surface area contributed by atoms with E-state index >= 15 is 0 Å². The Morgan fingerprint density at radius 2 is 2.36 bits per heavy atom. The zero-order valence-corrected chi connectivity index (χ0v) is 7.94. The van der Waals surface area contributed by atoms with Gasteiger partial charge in [0, 0.05) is 5.56 Å². The zero-order valence-electron chi connectivity index (χ0n) is 6.35. The summed E-state index contributed by atoms with van der Waals surface area (Å²) >= 11 is 3.27. The van der Waals surface area contributed by atoms with Crippen molar-refractivity contribution >= 4 is 15.9 Å². The van der Waals surface area contributed by atoms with Crippen LogP contribution in [0.1, 0.15) is 19.4 Å². The molecule has 0 unspecified atom stereocenters. The molecule has 58 valence electrons. The molecule has 0 aliphatic heterocycles. The standard InChI is InChI=1S/C7H8BrN3/c1-7(2,4-9)5-3-10-11-6(5)8/h3H,1-2H3,(H,10,11). The lowest BCUT2D eigenvalue weighted by molar-refractivity contribution is 0.683. The number of nitrogens with one attached hydrogen (secondary N) is 1. The maximum Gasteiger partial charge on any atom is 0.105 e. The van der Waals surface area contributed by atoms with E-state index in [1.807, 2.05) is 13.8 Å². The number of hydrogen-bond donors (Lipinski definition) is 1. The van der Waals surface area contributed by atoms with Crippen molar-refractivity contribution in [2.45, 2.75) is 19.3 Å². The summed E-state index contributed by atoms with van der Waals surface area (Å²) in [5, 5.41) is 15.3. The van der Waals surface area contributed by atoms with Crippen molar-refractivity contribution in [1.82, 2.24) is 10.2 Å². The van der Waals surface area contributed by atoms with E-state index in [1.54, 1.807) is 6.20 Å². The first-order chi connectivity index (χ1) is 5.08. The highest BCUT2D eigenvalue weighted by molar-refractivity contribution is 9.10. The van der Waals surface area contributed by atoms with Gasteiger partial charge in [0.25, 0.3) is 0 Å². The lowest BCUT2D eigenvalue weighted by Crippen LogP contribution is -2.13. The van der Waals surface area contributed by atoms with E-state index in [4.69, 9.17) is 5.26 Å². The lowest BCUT2D eigenvalue weighted by atomic mass is 9.89. The van der Waals surface area contributed by atoms with E-state index in [1.165, 1.54) is 0 Å². The molecule has 0 amide bonds. The van der Waals surface area contributed by atoms with Crippen LogP contribution in [0.4, 0.5) is 0 Å². The van der Waals surface area contributed by atoms with Gasteiger partial charge in [-0.25, -0.2) is 0 Å². The summed E-state index contributed by atoms with van der Waals surface area (Å²) in [7, 11) is 0. The summed E-state index contributed by atoms with van der Waals surface area (Å²) < 4.78 is 0.782. The van der Waals surface area contributed by atoms with Crippen molar-refractivity contribution in [3.8, 4) is 6.07 Å². The van der Waals surface area contributed by atoms with Gasteiger partial charge in [-0.05, 0) is 29.8 Å². The van der Waals surface area contributed by atoms with Gasteiger partial charge in [0.05, 0.1) is 17.7 Å². The van der Waals surface area contributed by atoms with Gasteiger partial charge in [-0.2, -0.15) is 10.4 Å². The van der Waals surface area contributed by atoms with E-state index in [0.717, 1.165) is 10.2 Å². The van der Waals surface area contributed by atoms with Crippen molar-refractivity contribution in [1.29, 1.82) is 5.26 Å². The van der Waals surface area contributed by atoms with Crippen LogP contribution < -0.4 is 0 Å². The molecule has 0 fully saturated rings. The Bertz CT molecular complexity index is 295. The van der Waals surface area contributed by atoms with Crippen molar-refractivity contribution in [2.24, 2.45) is 0 Å². The summed E-state index contributed by atoms with van der Waals surface area (Å²) in [6, 6.07) is 2.19. The van der Waals surface area contributed by atoms with E-state index in [0.29, 0.717) is 0 Å². The van der Waals surface area contributed by atoms with Crippen LogP contribution in [0.5, 0.6) is 0 Å². The van der Waals surface area contributed by atoms with E-state index in [2.05, 4.69) is 32.2 Å². The Morgan fingerprint density at radius 3 is 2.73 bits per heavy atom. The highest BCUT2D eigenvalue weighted by Gasteiger charge is 2.23. The van der Waals surface area contributed by atoms with Crippen molar-refractivity contribution in [2.75, 3.05) is 0 Å². The van der Waals surface area contributed by atoms with Crippen LogP contribution in [0.3, 0.4) is 0 Å². The number of aromatic nitrogens is 2. The second-order valence-electron chi connectivity index (χ2n) is 2.83.